The molecule has 1 N–H and O–H groups in total. The average molecular weight is 345 g/mol. The van der Waals surface area contributed by atoms with Gasteiger partial charge in [-0.25, -0.2) is 0 Å². The molecule has 2 aromatic carbocycles. The highest BCUT2D eigenvalue weighted by Crippen LogP contribution is 2.35. The normalized spacial score (nSPS) is 15.0. The van der Waals surface area contributed by atoms with Crippen molar-refractivity contribution in [2.24, 2.45) is 5.92 Å². The van der Waals surface area contributed by atoms with E-state index < -0.39 is 0 Å². The van der Waals surface area contributed by atoms with Crippen LogP contribution in [0.15, 0.2) is 83.2 Å². The van der Waals surface area contributed by atoms with Crippen LogP contribution in [0, 0.1) is 5.92 Å². The molecule has 0 aliphatic carbocycles. The Balaban J connectivity index is 2.04. The lowest BCUT2D eigenvalue weighted by molar-refractivity contribution is 0.100. The Kier molecular flexibility index (Phi) is 5.17. The van der Waals surface area contributed by atoms with Gasteiger partial charge in [0.05, 0.1) is 0 Å². The summed E-state index contributed by atoms with van der Waals surface area (Å²) in [7, 11) is 0. The van der Waals surface area contributed by atoms with Crippen LogP contribution in [0.1, 0.15) is 47.9 Å². The van der Waals surface area contributed by atoms with Crippen LogP contribution in [0.25, 0.3) is 0 Å². The van der Waals surface area contributed by atoms with Crippen LogP contribution < -0.4 is 5.32 Å². The maximum Gasteiger partial charge on any atom is 0.191 e. The summed E-state index contributed by atoms with van der Waals surface area (Å²) in [5.74, 6) is -0.252. The number of allylic oxidation sites excluding steroid dienone is 4. The summed E-state index contributed by atoms with van der Waals surface area (Å²) in [6.45, 7) is 5.84. The van der Waals surface area contributed by atoms with Gasteiger partial charge in [-0.15, -0.1) is 0 Å². The number of dihydropyridines is 1. The first-order chi connectivity index (χ1) is 12.5. The predicted octanol–water partition coefficient (Wildman–Crippen LogP) is 4.93. The molecule has 0 aromatic heterocycles. The number of hydrogen-bond acceptors (Lipinski definition) is 3. The number of carbonyl (C=O) groups excluding carboxylic acids is 2. The Labute approximate surface area is 154 Å². The van der Waals surface area contributed by atoms with Crippen molar-refractivity contribution < 1.29 is 9.59 Å². The molecule has 0 bridgehead atoms. The summed E-state index contributed by atoms with van der Waals surface area (Å²) in [4.78, 5) is 26.3. The Morgan fingerprint density at radius 2 is 1.15 bits per heavy atom. The number of nitrogens with one attached hydrogen (secondary N) is 1. The molecule has 0 unspecified atom stereocenters. The van der Waals surface area contributed by atoms with Crippen molar-refractivity contribution in [1.29, 1.82) is 0 Å². The van der Waals surface area contributed by atoms with Crippen LogP contribution >= 0.6 is 0 Å². The summed E-state index contributed by atoms with van der Waals surface area (Å²) < 4.78 is 0. The molecule has 3 nitrogen and oxygen atoms in total. The standard InChI is InChI=1S/C23H23NO2/c1-4-19-20(22(25)17-11-7-5-8-12-17)15(2)24-16(3)21(19)23(26)18-13-9-6-10-14-18/h5-14,19,24H,4H2,1-3H3. The number of ketones is 2. The summed E-state index contributed by atoms with van der Waals surface area (Å²) in [5, 5.41) is 3.26. The fraction of sp³-hybridized carbons (Fsp3) is 0.217. The molecule has 3 rings (SSSR count). The highest BCUT2D eigenvalue weighted by atomic mass is 16.1. The van der Waals surface area contributed by atoms with Crippen molar-refractivity contribution >= 4 is 11.6 Å². The number of benzene rings is 2. The van der Waals surface area contributed by atoms with Crippen LogP contribution in [-0.4, -0.2) is 11.6 Å². The van der Waals surface area contributed by atoms with E-state index in [-0.39, 0.29) is 17.5 Å². The molecule has 2 aromatic rings. The second-order valence-corrected chi connectivity index (χ2v) is 6.55. The van der Waals surface area contributed by atoms with Crippen molar-refractivity contribution in [3.8, 4) is 0 Å². The molecule has 3 heteroatoms. The fourth-order valence-electron chi connectivity index (χ4n) is 3.64. The third kappa shape index (κ3) is 3.25. The second-order valence-electron chi connectivity index (χ2n) is 6.55. The van der Waals surface area contributed by atoms with Crippen molar-refractivity contribution in [2.75, 3.05) is 0 Å². The Morgan fingerprint density at radius 1 is 0.769 bits per heavy atom. The number of rotatable bonds is 5. The maximum atomic E-state index is 13.2. The average Bonchev–Trinajstić information content (AvgIpc) is 2.67. The van der Waals surface area contributed by atoms with Crippen molar-refractivity contribution in [1.82, 2.24) is 5.32 Å². The molecular weight excluding hydrogens is 322 g/mol. The van der Waals surface area contributed by atoms with Crippen molar-refractivity contribution in [3.63, 3.8) is 0 Å². The highest BCUT2D eigenvalue weighted by molar-refractivity contribution is 6.14. The first kappa shape index (κ1) is 17.9. The van der Waals surface area contributed by atoms with Gasteiger partial charge in [-0.1, -0.05) is 67.6 Å². The van der Waals surface area contributed by atoms with Crippen LogP contribution in [0.3, 0.4) is 0 Å². The first-order valence-corrected chi connectivity index (χ1v) is 8.92. The van der Waals surface area contributed by atoms with Crippen LogP contribution in [0.5, 0.6) is 0 Å². The number of hydrogen-bond donors (Lipinski definition) is 1. The Bertz CT molecular complexity index is 819. The van der Waals surface area contributed by atoms with Gasteiger partial charge in [-0.05, 0) is 20.3 Å². The van der Waals surface area contributed by atoms with E-state index in [0.717, 1.165) is 11.4 Å². The largest absolute Gasteiger partial charge is 0.362 e. The SMILES string of the molecule is CCC1C(C(=O)c2ccccc2)=C(C)NC(C)=C1C(=O)c1ccccc1. The third-order valence-corrected chi connectivity index (χ3v) is 4.85. The summed E-state index contributed by atoms with van der Waals surface area (Å²) in [5.41, 5.74) is 4.31. The van der Waals surface area contributed by atoms with Crippen molar-refractivity contribution in [2.45, 2.75) is 27.2 Å². The van der Waals surface area contributed by atoms with Crippen LogP contribution in [-0.2, 0) is 0 Å². The number of Topliss-reactive ketones (excluding diaryl/α,β-unsaturated/α-hetero) is 2. The zero-order valence-corrected chi connectivity index (χ0v) is 15.4. The molecule has 1 aliphatic rings. The van der Waals surface area contributed by atoms with E-state index in [1.807, 2.05) is 81.4 Å². The molecule has 0 saturated carbocycles. The van der Waals surface area contributed by atoms with Gasteiger partial charge in [-0.3, -0.25) is 9.59 Å². The third-order valence-electron chi connectivity index (χ3n) is 4.85. The lowest BCUT2D eigenvalue weighted by Crippen LogP contribution is -2.32. The molecule has 0 amide bonds. The van der Waals surface area contributed by atoms with E-state index in [1.54, 1.807) is 0 Å². The van der Waals surface area contributed by atoms with E-state index in [2.05, 4.69) is 5.32 Å². The zero-order valence-electron chi connectivity index (χ0n) is 15.4. The molecule has 0 atom stereocenters. The van der Waals surface area contributed by atoms with Gasteiger partial charge in [0.1, 0.15) is 0 Å². The topological polar surface area (TPSA) is 46.2 Å². The van der Waals surface area contributed by atoms with Gasteiger partial charge < -0.3 is 5.32 Å². The van der Waals surface area contributed by atoms with Crippen molar-refractivity contribution in [3.05, 3.63) is 94.3 Å². The molecule has 0 spiro atoms. The van der Waals surface area contributed by atoms with Gasteiger partial charge in [-0.2, -0.15) is 0 Å². The maximum absolute atomic E-state index is 13.2. The van der Waals surface area contributed by atoms with Crippen LogP contribution in [0.4, 0.5) is 0 Å². The van der Waals surface area contributed by atoms with E-state index in [9.17, 15) is 9.59 Å². The smallest absolute Gasteiger partial charge is 0.191 e. The van der Waals surface area contributed by atoms with E-state index in [4.69, 9.17) is 0 Å². The van der Waals surface area contributed by atoms with Crippen LogP contribution in [0.2, 0.25) is 0 Å². The molecule has 0 saturated heterocycles. The summed E-state index contributed by atoms with van der Waals surface area (Å²) >= 11 is 0. The van der Waals surface area contributed by atoms with Gasteiger partial charge in [0.2, 0.25) is 0 Å². The molecule has 0 fully saturated rings. The Morgan fingerprint density at radius 3 is 1.50 bits per heavy atom. The predicted molar refractivity (Wildman–Crippen MR) is 104 cm³/mol. The first-order valence-electron chi connectivity index (χ1n) is 8.92. The Hall–Kier alpha value is -2.94. The summed E-state index contributed by atoms with van der Waals surface area (Å²) in [6, 6.07) is 18.5. The van der Waals surface area contributed by atoms with Gasteiger partial charge >= 0.3 is 0 Å². The molecule has 26 heavy (non-hydrogen) atoms. The minimum atomic E-state index is -0.211. The minimum absolute atomic E-state index is 0.0201. The fourth-order valence-corrected chi connectivity index (χ4v) is 3.64. The quantitative estimate of drug-likeness (QED) is 0.782. The van der Waals surface area contributed by atoms with Gasteiger partial charge in [0, 0.05) is 39.6 Å². The monoisotopic (exact) mass is 345 g/mol. The lowest BCUT2D eigenvalue weighted by atomic mass is 9.77. The number of carbonyl (C=O) groups is 2. The van der Waals surface area contributed by atoms with E-state index in [1.165, 1.54) is 0 Å². The molecular formula is C23H23NO2. The molecule has 1 heterocycles. The van der Waals surface area contributed by atoms with Gasteiger partial charge in [0.15, 0.2) is 11.6 Å². The highest BCUT2D eigenvalue weighted by Gasteiger charge is 2.34. The van der Waals surface area contributed by atoms with E-state index >= 15 is 0 Å². The lowest BCUT2D eigenvalue weighted by Gasteiger charge is -2.30. The molecule has 1 aliphatic heterocycles. The zero-order chi connectivity index (χ0) is 18.7. The summed E-state index contributed by atoms with van der Waals surface area (Å²) in [6.07, 6.45) is 0.693. The molecule has 0 radical (unpaired) electrons. The second kappa shape index (κ2) is 7.52. The minimum Gasteiger partial charge on any atom is -0.362 e. The van der Waals surface area contributed by atoms with Gasteiger partial charge in [0.25, 0.3) is 0 Å². The molecule has 132 valence electrons. The van der Waals surface area contributed by atoms with E-state index in [0.29, 0.717) is 28.7 Å².